The van der Waals surface area contributed by atoms with Crippen molar-refractivity contribution in [3.63, 3.8) is 0 Å². The Balaban J connectivity index is 1.99. The topological polar surface area (TPSA) is 12.0 Å². The van der Waals surface area contributed by atoms with Gasteiger partial charge >= 0.3 is 6.18 Å². The van der Waals surface area contributed by atoms with Gasteiger partial charge in [-0.05, 0) is 11.6 Å². The minimum atomic E-state index is -4.25. The van der Waals surface area contributed by atoms with Crippen molar-refractivity contribution in [1.29, 1.82) is 0 Å². The van der Waals surface area contributed by atoms with Crippen molar-refractivity contribution >= 4 is 17.0 Å². The quantitative estimate of drug-likeness (QED) is 0.860. The van der Waals surface area contributed by atoms with Gasteiger partial charge in [0.25, 0.3) is 0 Å². The van der Waals surface area contributed by atoms with E-state index in [1.54, 1.807) is 0 Å². The van der Waals surface area contributed by atoms with Crippen LogP contribution < -0.4 is 5.32 Å². The summed E-state index contributed by atoms with van der Waals surface area (Å²) >= 11 is 0.704. The van der Waals surface area contributed by atoms with Gasteiger partial charge in [-0.1, -0.05) is 30.3 Å². The fourth-order valence-corrected chi connectivity index (χ4v) is 2.11. The molecular weight excluding hydrogens is 247 g/mol. The molecular formula is C12H10F3NS. The van der Waals surface area contributed by atoms with E-state index in [1.165, 1.54) is 5.38 Å². The Bertz CT molecular complexity index is 476. The highest BCUT2D eigenvalue weighted by Crippen LogP contribution is 2.35. The maximum absolute atomic E-state index is 12.3. The Hall–Kier alpha value is -1.49. The molecule has 0 bridgehead atoms. The fraction of sp³-hybridized carbons (Fsp3) is 0.167. The van der Waals surface area contributed by atoms with Crippen molar-refractivity contribution in [1.82, 2.24) is 0 Å². The second-order valence-corrected chi connectivity index (χ2v) is 4.45. The molecule has 2 rings (SSSR count). The summed E-state index contributed by atoms with van der Waals surface area (Å²) in [6.45, 7) is 0.523. The largest absolute Gasteiger partial charge is 0.425 e. The van der Waals surface area contributed by atoms with Gasteiger partial charge < -0.3 is 5.32 Å². The monoisotopic (exact) mass is 257 g/mol. The summed E-state index contributed by atoms with van der Waals surface area (Å²) in [5.74, 6) is 0. The first-order valence-corrected chi connectivity index (χ1v) is 5.87. The van der Waals surface area contributed by atoms with E-state index in [4.69, 9.17) is 0 Å². The van der Waals surface area contributed by atoms with Gasteiger partial charge in [-0.2, -0.15) is 13.2 Å². The van der Waals surface area contributed by atoms with E-state index in [0.29, 0.717) is 23.6 Å². The van der Waals surface area contributed by atoms with Gasteiger partial charge in [-0.25, -0.2) is 0 Å². The van der Waals surface area contributed by atoms with Crippen molar-refractivity contribution in [2.24, 2.45) is 0 Å². The lowest BCUT2D eigenvalue weighted by molar-refractivity contribution is -0.134. The molecule has 0 amide bonds. The molecule has 1 aromatic heterocycles. The van der Waals surface area contributed by atoms with Crippen LogP contribution in [0.15, 0.2) is 41.8 Å². The van der Waals surface area contributed by atoms with Crippen LogP contribution in [0.1, 0.15) is 10.4 Å². The molecule has 1 heterocycles. The van der Waals surface area contributed by atoms with Crippen LogP contribution in [0.3, 0.4) is 0 Å². The van der Waals surface area contributed by atoms with E-state index in [-0.39, 0.29) is 0 Å². The zero-order valence-corrected chi connectivity index (χ0v) is 9.61. The van der Waals surface area contributed by atoms with Gasteiger partial charge in [0.2, 0.25) is 0 Å². The second-order valence-electron chi connectivity index (χ2n) is 3.54. The van der Waals surface area contributed by atoms with Crippen molar-refractivity contribution < 1.29 is 13.2 Å². The predicted molar refractivity (Wildman–Crippen MR) is 63.1 cm³/mol. The van der Waals surface area contributed by atoms with Crippen LogP contribution in [0.5, 0.6) is 0 Å². The van der Waals surface area contributed by atoms with E-state index in [1.807, 2.05) is 30.3 Å². The molecule has 0 aliphatic heterocycles. The summed E-state index contributed by atoms with van der Waals surface area (Å²) in [5, 5.41) is 4.44. The SMILES string of the molecule is FC(F)(F)c1cc(NCc2ccccc2)cs1. The molecule has 0 fully saturated rings. The third-order valence-corrected chi connectivity index (χ3v) is 3.19. The van der Waals surface area contributed by atoms with Gasteiger partial charge in [0, 0.05) is 17.6 Å². The smallest absolute Gasteiger partial charge is 0.380 e. The summed E-state index contributed by atoms with van der Waals surface area (Å²) in [4.78, 5) is -0.576. The number of nitrogens with one attached hydrogen (secondary N) is 1. The minimum Gasteiger partial charge on any atom is -0.380 e. The number of alkyl halides is 3. The molecule has 5 heteroatoms. The summed E-state index contributed by atoms with van der Waals surface area (Å²) in [6.07, 6.45) is -4.25. The second kappa shape index (κ2) is 4.79. The van der Waals surface area contributed by atoms with E-state index in [0.717, 1.165) is 11.6 Å². The molecule has 1 aromatic carbocycles. The lowest BCUT2D eigenvalue weighted by atomic mass is 10.2. The van der Waals surface area contributed by atoms with E-state index in [2.05, 4.69) is 5.32 Å². The van der Waals surface area contributed by atoms with Crippen LogP contribution in [0.2, 0.25) is 0 Å². The van der Waals surface area contributed by atoms with Crippen molar-refractivity contribution in [2.45, 2.75) is 12.7 Å². The van der Waals surface area contributed by atoms with Gasteiger partial charge in [0.15, 0.2) is 0 Å². The number of halogens is 3. The Labute approximate surface area is 101 Å². The van der Waals surface area contributed by atoms with Crippen LogP contribution >= 0.6 is 11.3 Å². The molecule has 2 aromatic rings. The molecule has 17 heavy (non-hydrogen) atoms. The van der Waals surface area contributed by atoms with Crippen LogP contribution in [0.4, 0.5) is 18.9 Å². The average molecular weight is 257 g/mol. The van der Waals surface area contributed by atoms with Crippen LogP contribution in [0.25, 0.3) is 0 Å². The first kappa shape index (κ1) is 12.0. The molecule has 0 aliphatic rings. The summed E-state index contributed by atoms with van der Waals surface area (Å²) in [7, 11) is 0. The van der Waals surface area contributed by atoms with E-state index >= 15 is 0 Å². The molecule has 1 N–H and O–H groups in total. The lowest BCUT2D eigenvalue weighted by Crippen LogP contribution is -2.01. The first-order valence-electron chi connectivity index (χ1n) is 4.99. The number of anilines is 1. The molecule has 0 unspecified atom stereocenters. The van der Waals surface area contributed by atoms with Gasteiger partial charge in [0.05, 0.1) is 0 Å². The normalized spacial score (nSPS) is 11.5. The summed E-state index contributed by atoms with van der Waals surface area (Å²) in [5.41, 5.74) is 1.54. The van der Waals surface area contributed by atoms with Crippen molar-refractivity contribution in [3.05, 3.63) is 52.2 Å². The lowest BCUT2D eigenvalue weighted by Gasteiger charge is -2.04. The fourth-order valence-electron chi connectivity index (χ4n) is 1.38. The first-order chi connectivity index (χ1) is 8.05. The number of rotatable bonds is 3. The van der Waals surface area contributed by atoms with Gasteiger partial charge in [0.1, 0.15) is 4.88 Å². The van der Waals surface area contributed by atoms with E-state index < -0.39 is 11.1 Å². The average Bonchev–Trinajstić information content (AvgIpc) is 2.76. The standard InChI is InChI=1S/C12H10F3NS/c13-12(14,15)11-6-10(8-17-11)16-7-9-4-2-1-3-5-9/h1-6,8,16H,7H2. The van der Waals surface area contributed by atoms with Gasteiger partial charge in [-0.15, -0.1) is 11.3 Å². The third-order valence-electron chi connectivity index (χ3n) is 2.22. The number of hydrogen-bond acceptors (Lipinski definition) is 2. The highest BCUT2D eigenvalue weighted by Gasteiger charge is 2.32. The number of benzene rings is 1. The Morgan fingerprint density at radius 2 is 1.82 bits per heavy atom. The number of thiophene rings is 1. The minimum absolute atomic E-state index is 0.506. The molecule has 0 spiro atoms. The summed E-state index contributed by atoms with van der Waals surface area (Å²) in [6, 6.07) is 10.7. The molecule has 0 atom stereocenters. The molecule has 0 aliphatic carbocycles. The Morgan fingerprint density at radius 3 is 2.41 bits per heavy atom. The van der Waals surface area contributed by atoms with Crippen LogP contribution in [-0.2, 0) is 12.7 Å². The zero-order valence-electron chi connectivity index (χ0n) is 8.79. The number of hydrogen-bond donors (Lipinski definition) is 1. The molecule has 1 nitrogen and oxygen atoms in total. The maximum Gasteiger partial charge on any atom is 0.425 e. The highest BCUT2D eigenvalue weighted by molar-refractivity contribution is 7.10. The van der Waals surface area contributed by atoms with Crippen LogP contribution in [-0.4, -0.2) is 0 Å². The Kier molecular flexibility index (Phi) is 3.38. The van der Waals surface area contributed by atoms with Crippen molar-refractivity contribution in [3.8, 4) is 0 Å². The predicted octanol–water partition coefficient (Wildman–Crippen LogP) is 4.38. The van der Waals surface area contributed by atoms with Gasteiger partial charge in [-0.3, -0.25) is 0 Å². The van der Waals surface area contributed by atoms with E-state index in [9.17, 15) is 13.2 Å². The molecule has 0 radical (unpaired) electrons. The molecule has 0 saturated carbocycles. The highest BCUT2D eigenvalue weighted by atomic mass is 32.1. The molecule has 0 saturated heterocycles. The Morgan fingerprint density at radius 1 is 1.12 bits per heavy atom. The third kappa shape index (κ3) is 3.23. The van der Waals surface area contributed by atoms with Crippen molar-refractivity contribution in [2.75, 3.05) is 5.32 Å². The maximum atomic E-state index is 12.3. The van der Waals surface area contributed by atoms with Crippen LogP contribution in [0, 0.1) is 0 Å². The molecule has 90 valence electrons. The zero-order chi connectivity index (χ0) is 12.3. The summed E-state index contributed by atoms with van der Waals surface area (Å²) < 4.78 is 37.0.